The molecule has 136 valence electrons. The molecule has 27 heavy (non-hydrogen) atoms. The van der Waals surface area contributed by atoms with Crippen LogP contribution in [0, 0.1) is 0 Å². The monoisotopic (exact) mass is 378 g/mol. The van der Waals surface area contributed by atoms with Crippen molar-refractivity contribution in [3.63, 3.8) is 0 Å². The van der Waals surface area contributed by atoms with E-state index in [1.54, 1.807) is 17.7 Å². The lowest BCUT2D eigenvalue weighted by molar-refractivity contribution is 0.415. The number of benzene rings is 2. The molecule has 0 aliphatic carbocycles. The molecule has 0 unspecified atom stereocenters. The van der Waals surface area contributed by atoms with Crippen LogP contribution in [0.3, 0.4) is 0 Å². The average Bonchev–Trinajstić information content (AvgIpc) is 2.70. The van der Waals surface area contributed by atoms with Gasteiger partial charge in [0.1, 0.15) is 21.8 Å². The Morgan fingerprint density at radius 2 is 1.81 bits per heavy atom. The fraction of sp³-hybridized carbons (Fsp3) is 0.190. The van der Waals surface area contributed by atoms with Crippen LogP contribution in [-0.2, 0) is 6.54 Å². The first-order valence-electron chi connectivity index (χ1n) is 8.75. The third-order valence-corrected chi connectivity index (χ3v) is 5.56. The average molecular weight is 378 g/mol. The first kappa shape index (κ1) is 17.4. The predicted molar refractivity (Wildman–Crippen MR) is 110 cm³/mol. The van der Waals surface area contributed by atoms with Crippen molar-refractivity contribution in [3.8, 4) is 17.1 Å². The van der Waals surface area contributed by atoms with E-state index in [-0.39, 0.29) is 16.4 Å². The van der Waals surface area contributed by atoms with Crippen molar-refractivity contribution >= 4 is 31.6 Å². The second-order valence-corrected chi connectivity index (χ2v) is 7.26. The molecule has 0 radical (unpaired) electrons. The van der Waals surface area contributed by atoms with Gasteiger partial charge in [-0.3, -0.25) is 14.2 Å². The van der Waals surface area contributed by atoms with E-state index in [2.05, 4.69) is 0 Å². The van der Waals surface area contributed by atoms with Crippen LogP contribution in [0.25, 0.3) is 31.7 Å². The minimum atomic E-state index is -0.278. The van der Waals surface area contributed by atoms with Gasteiger partial charge in [0, 0.05) is 22.2 Å². The fourth-order valence-corrected chi connectivity index (χ4v) is 4.22. The summed E-state index contributed by atoms with van der Waals surface area (Å²) in [7, 11) is 1.61. The van der Waals surface area contributed by atoms with Crippen LogP contribution in [0.15, 0.2) is 58.1 Å². The molecule has 0 bridgehead atoms. The number of hydrogen-bond acceptors (Lipinski definition) is 5. The SMILES string of the molecule is CCCn1c(-c2ccc(OC)cc2)nc2sc3ccccc3c(=O)c2c1=O. The summed E-state index contributed by atoms with van der Waals surface area (Å²) < 4.78 is 7.65. The smallest absolute Gasteiger partial charge is 0.266 e. The summed E-state index contributed by atoms with van der Waals surface area (Å²) in [4.78, 5) is 31.3. The molecule has 0 atom stereocenters. The van der Waals surface area contributed by atoms with Crippen LogP contribution in [0.1, 0.15) is 13.3 Å². The van der Waals surface area contributed by atoms with Gasteiger partial charge in [-0.05, 0) is 42.8 Å². The number of fused-ring (bicyclic) bond motifs is 2. The largest absolute Gasteiger partial charge is 0.497 e. The molecule has 6 heteroatoms. The molecule has 0 fully saturated rings. The predicted octanol–water partition coefficient (Wildman–Crippen LogP) is 4.06. The Balaban J connectivity index is 2.09. The van der Waals surface area contributed by atoms with Gasteiger partial charge in [-0.1, -0.05) is 19.1 Å². The third-order valence-electron chi connectivity index (χ3n) is 4.50. The summed E-state index contributed by atoms with van der Waals surface area (Å²) in [6.45, 7) is 2.50. The second kappa shape index (κ2) is 6.96. The summed E-state index contributed by atoms with van der Waals surface area (Å²) in [5.41, 5.74) is 0.290. The van der Waals surface area contributed by atoms with Crippen LogP contribution >= 0.6 is 11.3 Å². The van der Waals surface area contributed by atoms with Gasteiger partial charge in [-0.25, -0.2) is 4.98 Å². The fourth-order valence-electron chi connectivity index (χ4n) is 3.18. The number of aromatic nitrogens is 2. The molecule has 2 aromatic heterocycles. The van der Waals surface area contributed by atoms with Crippen LogP contribution in [0.5, 0.6) is 5.75 Å². The van der Waals surface area contributed by atoms with Crippen molar-refractivity contribution in [2.24, 2.45) is 0 Å². The quantitative estimate of drug-likeness (QED) is 0.503. The number of hydrogen-bond donors (Lipinski definition) is 0. The molecule has 2 aromatic carbocycles. The van der Waals surface area contributed by atoms with Crippen LogP contribution in [-0.4, -0.2) is 16.7 Å². The van der Waals surface area contributed by atoms with Gasteiger partial charge in [0.25, 0.3) is 5.56 Å². The lowest BCUT2D eigenvalue weighted by Gasteiger charge is -2.13. The van der Waals surface area contributed by atoms with Crippen LogP contribution in [0.4, 0.5) is 0 Å². The Morgan fingerprint density at radius 3 is 2.52 bits per heavy atom. The Kier molecular flexibility index (Phi) is 4.49. The zero-order valence-corrected chi connectivity index (χ0v) is 15.9. The first-order chi connectivity index (χ1) is 13.1. The Morgan fingerprint density at radius 1 is 1.07 bits per heavy atom. The highest BCUT2D eigenvalue weighted by atomic mass is 32.1. The minimum absolute atomic E-state index is 0.171. The van der Waals surface area contributed by atoms with Gasteiger partial charge in [0.15, 0.2) is 0 Å². The molecule has 4 rings (SSSR count). The number of nitrogens with zero attached hydrogens (tertiary/aromatic N) is 2. The van der Waals surface area contributed by atoms with Crippen LogP contribution < -0.4 is 15.7 Å². The highest BCUT2D eigenvalue weighted by molar-refractivity contribution is 7.24. The Hall–Kier alpha value is -2.99. The molecular formula is C21H18N2O3S. The topological polar surface area (TPSA) is 61.2 Å². The molecule has 0 amide bonds. The standard InChI is InChI=1S/C21H18N2O3S/c1-3-12-23-19(13-8-10-14(26-2)11-9-13)22-20-17(21(23)25)18(24)15-6-4-5-7-16(15)27-20/h4-11H,3,12H2,1-2H3. The van der Waals surface area contributed by atoms with Crippen molar-refractivity contribution in [3.05, 3.63) is 69.1 Å². The summed E-state index contributed by atoms with van der Waals surface area (Å²) in [5, 5.41) is 0.735. The Bertz CT molecular complexity index is 1260. The van der Waals surface area contributed by atoms with Gasteiger partial charge in [0.05, 0.1) is 7.11 Å². The van der Waals surface area contributed by atoms with Gasteiger partial charge >= 0.3 is 0 Å². The first-order valence-corrected chi connectivity index (χ1v) is 9.56. The van der Waals surface area contributed by atoms with Gasteiger partial charge in [0.2, 0.25) is 5.43 Å². The number of rotatable bonds is 4. The van der Waals surface area contributed by atoms with Crippen molar-refractivity contribution < 1.29 is 4.74 Å². The summed E-state index contributed by atoms with van der Waals surface area (Å²) in [6, 6.07) is 14.8. The molecule has 0 N–H and O–H groups in total. The zero-order valence-electron chi connectivity index (χ0n) is 15.1. The van der Waals surface area contributed by atoms with E-state index in [1.807, 2.05) is 49.4 Å². The maximum absolute atomic E-state index is 13.2. The molecule has 0 aliphatic rings. The third kappa shape index (κ3) is 2.92. The maximum atomic E-state index is 13.2. The molecular weight excluding hydrogens is 360 g/mol. The van der Waals surface area contributed by atoms with Crippen molar-refractivity contribution in [2.45, 2.75) is 19.9 Å². The van der Waals surface area contributed by atoms with E-state index >= 15 is 0 Å². The van der Waals surface area contributed by atoms with E-state index in [0.29, 0.717) is 22.6 Å². The summed E-state index contributed by atoms with van der Waals surface area (Å²) in [6.07, 6.45) is 0.765. The second-order valence-electron chi connectivity index (χ2n) is 6.23. The van der Waals surface area contributed by atoms with E-state index in [9.17, 15) is 9.59 Å². The van der Waals surface area contributed by atoms with Crippen molar-refractivity contribution in [1.29, 1.82) is 0 Å². The van der Waals surface area contributed by atoms with Gasteiger partial charge in [-0.15, -0.1) is 11.3 Å². The van der Waals surface area contributed by atoms with Crippen molar-refractivity contribution in [2.75, 3.05) is 7.11 Å². The zero-order chi connectivity index (χ0) is 19.0. The number of ether oxygens (including phenoxy) is 1. The van der Waals surface area contributed by atoms with Gasteiger partial charge in [-0.2, -0.15) is 0 Å². The highest BCUT2D eigenvalue weighted by Gasteiger charge is 2.17. The minimum Gasteiger partial charge on any atom is -0.497 e. The number of methoxy groups -OCH3 is 1. The molecule has 2 heterocycles. The Labute approximate surface area is 159 Å². The molecule has 0 aliphatic heterocycles. The highest BCUT2D eigenvalue weighted by Crippen LogP contribution is 2.25. The molecule has 4 aromatic rings. The lowest BCUT2D eigenvalue weighted by Crippen LogP contribution is -2.27. The lowest BCUT2D eigenvalue weighted by atomic mass is 10.2. The normalized spacial score (nSPS) is 11.2. The van der Waals surface area contributed by atoms with Crippen LogP contribution in [0.2, 0.25) is 0 Å². The van der Waals surface area contributed by atoms with E-state index in [1.165, 1.54) is 11.3 Å². The van der Waals surface area contributed by atoms with Gasteiger partial charge < -0.3 is 4.74 Å². The maximum Gasteiger partial charge on any atom is 0.266 e. The van der Waals surface area contributed by atoms with E-state index < -0.39 is 0 Å². The van der Waals surface area contributed by atoms with E-state index in [4.69, 9.17) is 9.72 Å². The molecule has 5 nitrogen and oxygen atoms in total. The van der Waals surface area contributed by atoms with E-state index in [0.717, 1.165) is 22.4 Å². The molecule has 0 spiro atoms. The molecule has 0 saturated heterocycles. The summed E-state index contributed by atoms with van der Waals surface area (Å²) in [5.74, 6) is 1.31. The van der Waals surface area contributed by atoms with Crippen molar-refractivity contribution in [1.82, 2.24) is 9.55 Å². The summed E-state index contributed by atoms with van der Waals surface area (Å²) >= 11 is 1.37. The molecule has 0 saturated carbocycles.